The van der Waals surface area contributed by atoms with Gasteiger partial charge in [-0.1, -0.05) is 26.3 Å². The van der Waals surface area contributed by atoms with Crippen LogP contribution in [0.1, 0.15) is 44.5 Å². The van der Waals surface area contributed by atoms with Crippen molar-refractivity contribution in [2.45, 2.75) is 27.7 Å². The van der Waals surface area contributed by atoms with Crippen LogP contribution < -0.4 is 0 Å². The van der Waals surface area contributed by atoms with Crippen LogP contribution in [0.3, 0.4) is 0 Å². The summed E-state index contributed by atoms with van der Waals surface area (Å²) in [6, 6.07) is 0. The molecule has 2 aliphatic carbocycles. The second kappa shape index (κ2) is 3.70. The molecule has 0 saturated heterocycles. The Labute approximate surface area is 132 Å². The van der Waals surface area contributed by atoms with Crippen molar-refractivity contribution in [2.75, 3.05) is 0 Å². The fourth-order valence-electron chi connectivity index (χ4n) is 4.36. The van der Waals surface area contributed by atoms with Crippen molar-refractivity contribution in [2.24, 2.45) is 0 Å². The lowest BCUT2D eigenvalue weighted by atomic mass is 9.88. The number of rotatable bonds is 0. The molecule has 0 heteroatoms. The second-order valence-corrected chi connectivity index (χ2v) is 6.66. The highest BCUT2D eigenvalue weighted by atomic mass is 14.4. The summed E-state index contributed by atoms with van der Waals surface area (Å²) < 4.78 is 0. The number of hydrogen-bond donors (Lipinski definition) is 0. The first-order valence-electron chi connectivity index (χ1n) is 7.66. The molecule has 0 spiro atoms. The summed E-state index contributed by atoms with van der Waals surface area (Å²) in [5.41, 5.74) is 14.6. The molecule has 0 atom stereocenters. The molecule has 0 bridgehead atoms. The summed E-state index contributed by atoms with van der Waals surface area (Å²) >= 11 is 0. The molecule has 0 unspecified atom stereocenters. The SMILES string of the molecule is C=C1C(=C)c2c(C)c(C)c3c4c(c(C)c(C)c1c24)C(=C)C3=C. The Morgan fingerprint density at radius 2 is 0.591 bits per heavy atom. The van der Waals surface area contributed by atoms with Crippen molar-refractivity contribution in [1.82, 2.24) is 0 Å². The fraction of sp³-hybridized carbons (Fsp3) is 0.182. The van der Waals surface area contributed by atoms with Crippen LogP contribution in [0.5, 0.6) is 0 Å². The summed E-state index contributed by atoms with van der Waals surface area (Å²) in [6.45, 7) is 26.1. The first-order chi connectivity index (χ1) is 10.3. The first kappa shape index (κ1) is 13.3. The molecule has 0 amide bonds. The van der Waals surface area contributed by atoms with E-state index < -0.39 is 0 Å². The van der Waals surface area contributed by atoms with Crippen LogP contribution >= 0.6 is 0 Å². The van der Waals surface area contributed by atoms with Gasteiger partial charge >= 0.3 is 0 Å². The van der Waals surface area contributed by atoms with Crippen molar-refractivity contribution in [1.29, 1.82) is 0 Å². The first-order valence-corrected chi connectivity index (χ1v) is 7.66. The molecule has 108 valence electrons. The van der Waals surface area contributed by atoms with E-state index in [0.717, 1.165) is 22.3 Å². The molecule has 0 heterocycles. The molecule has 2 aromatic carbocycles. The van der Waals surface area contributed by atoms with Gasteiger partial charge < -0.3 is 0 Å². The van der Waals surface area contributed by atoms with Crippen LogP contribution in [0, 0.1) is 27.7 Å². The highest BCUT2D eigenvalue weighted by molar-refractivity contribution is 6.31. The van der Waals surface area contributed by atoms with E-state index in [1.54, 1.807) is 0 Å². The van der Waals surface area contributed by atoms with Gasteiger partial charge in [0.25, 0.3) is 0 Å². The smallest absolute Gasteiger partial charge is 0.000859 e. The minimum Gasteiger partial charge on any atom is -0.0905 e. The van der Waals surface area contributed by atoms with Gasteiger partial charge in [-0.2, -0.15) is 0 Å². The highest BCUT2D eigenvalue weighted by Gasteiger charge is 2.35. The minimum absolute atomic E-state index is 1.07. The number of hydrogen-bond acceptors (Lipinski definition) is 0. The van der Waals surface area contributed by atoms with E-state index in [1.807, 2.05) is 0 Å². The lowest BCUT2D eigenvalue weighted by molar-refractivity contribution is 1.32. The van der Waals surface area contributed by atoms with Gasteiger partial charge in [-0.15, -0.1) is 0 Å². The van der Waals surface area contributed by atoms with E-state index in [2.05, 4.69) is 54.0 Å². The Balaban J connectivity index is 2.46. The Bertz CT molecular complexity index is 846. The van der Waals surface area contributed by atoms with Gasteiger partial charge in [-0.25, -0.2) is 0 Å². The van der Waals surface area contributed by atoms with Crippen LogP contribution in [0.2, 0.25) is 0 Å². The monoisotopic (exact) mass is 284 g/mol. The molecule has 4 rings (SSSR count). The lowest BCUT2D eigenvalue weighted by Gasteiger charge is -2.15. The number of benzene rings is 2. The Morgan fingerprint density at radius 1 is 0.409 bits per heavy atom. The average molecular weight is 284 g/mol. The summed E-state index contributed by atoms with van der Waals surface area (Å²) in [5.74, 6) is 0. The summed E-state index contributed by atoms with van der Waals surface area (Å²) in [4.78, 5) is 0. The maximum atomic E-state index is 4.32. The highest BCUT2D eigenvalue weighted by Crippen LogP contribution is 2.56. The zero-order valence-corrected chi connectivity index (χ0v) is 13.8. The molecule has 2 aromatic rings. The van der Waals surface area contributed by atoms with Gasteiger partial charge in [0, 0.05) is 0 Å². The second-order valence-electron chi connectivity index (χ2n) is 6.66. The molecule has 0 fully saturated rings. The van der Waals surface area contributed by atoms with E-state index in [9.17, 15) is 0 Å². The number of allylic oxidation sites excluding steroid dienone is 4. The van der Waals surface area contributed by atoms with Crippen molar-refractivity contribution in [3.8, 4) is 0 Å². The normalized spacial score (nSPS) is 15.6. The van der Waals surface area contributed by atoms with E-state index in [0.29, 0.717) is 0 Å². The Morgan fingerprint density at radius 3 is 0.773 bits per heavy atom. The zero-order valence-electron chi connectivity index (χ0n) is 13.8. The Kier molecular flexibility index (Phi) is 2.24. The zero-order chi connectivity index (χ0) is 16.1. The van der Waals surface area contributed by atoms with E-state index >= 15 is 0 Å². The summed E-state index contributed by atoms with van der Waals surface area (Å²) in [7, 11) is 0. The largest absolute Gasteiger partial charge is 0.0905 e. The lowest BCUT2D eigenvalue weighted by Crippen LogP contribution is -1.96. The van der Waals surface area contributed by atoms with E-state index in [1.165, 1.54) is 55.3 Å². The van der Waals surface area contributed by atoms with Crippen LogP contribution in [0.4, 0.5) is 0 Å². The van der Waals surface area contributed by atoms with Crippen LogP contribution in [-0.4, -0.2) is 0 Å². The van der Waals surface area contributed by atoms with Gasteiger partial charge in [-0.05, 0) is 105 Å². The van der Waals surface area contributed by atoms with E-state index in [-0.39, 0.29) is 0 Å². The topological polar surface area (TPSA) is 0 Å². The van der Waals surface area contributed by atoms with Crippen molar-refractivity contribution in [3.63, 3.8) is 0 Å². The quantitative estimate of drug-likeness (QED) is 0.544. The molecule has 0 saturated carbocycles. The van der Waals surface area contributed by atoms with Crippen LogP contribution in [0.25, 0.3) is 33.1 Å². The van der Waals surface area contributed by atoms with Gasteiger partial charge in [0.1, 0.15) is 0 Å². The third-order valence-electron chi connectivity index (χ3n) is 5.81. The van der Waals surface area contributed by atoms with Crippen LogP contribution in [0.15, 0.2) is 26.3 Å². The van der Waals surface area contributed by atoms with Gasteiger partial charge in [0.15, 0.2) is 0 Å². The molecule has 22 heavy (non-hydrogen) atoms. The standard InChI is InChI=1S/C22H20/c1-9-10(2)18-15(7)16(8)20-12(4)11(3)19-14(6)13(5)17(9)21(18)22(19)20/h1-4H2,5-8H3. The maximum Gasteiger partial charge on any atom is -0.000859 e. The molecular formula is C22H20. The van der Waals surface area contributed by atoms with Crippen molar-refractivity contribution in [3.05, 3.63) is 70.8 Å². The van der Waals surface area contributed by atoms with E-state index in [4.69, 9.17) is 0 Å². The minimum atomic E-state index is 1.07. The summed E-state index contributed by atoms with van der Waals surface area (Å²) in [5, 5.41) is 2.65. The predicted molar refractivity (Wildman–Crippen MR) is 99.0 cm³/mol. The van der Waals surface area contributed by atoms with Crippen molar-refractivity contribution < 1.29 is 0 Å². The third-order valence-corrected chi connectivity index (χ3v) is 5.81. The Hall–Kier alpha value is -2.34. The molecule has 0 nitrogen and oxygen atoms in total. The predicted octanol–water partition coefficient (Wildman–Crippen LogP) is 6.15. The molecule has 0 aliphatic heterocycles. The average Bonchev–Trinajstić information content (AvgIpc) is 2.89. The summed E-state index contributed by atoms with van der Waals surface area (Å²) in [6.07, 6.45) is 0. The van der Waals surface area contributed by atoms with Crippen molar-refractivity contribution >= 4 is 33.1 Å². The molecule has 2 aliphatic rings. The molecule has 0 N–H and O–H groups in total. The van der Waals surface area contributed by atoms with Gasteiger partial charge in [-0.3, -0.25) is 0 Å². The molecule has 0 radical (unpaired) electrons. The maximum absolute atomic E-state index is 4.32. The van der Waals surface area contributed by atoms with Gasteiger partial charge in [0.2, 0.25) is 0 Å². The fourth-order valence-corrected chi connectivity index (χ4v) is 4.36. The third kappa shape index (κ3) is 1.14. The molecular weight excluding hydrogens is 264 g/mol. The van der Waals surface area contributed by atoms with Crippen LogP contribution in [-0.2, 0) is 0 Å². The van der Waals surface area contributed by atoms with Gasteiger partial charge in [0.05, 0.1) is 0 Å². The molecule has 0 aromatic heterocycles.